The van der Waals surface area contributed by atoms with E-state index in [1.807, 2.05) is 27.8 Å². The van der Waals surface area contributed by atoms with Crippen LogP contribution in [0, 0.1) is 0 Å². The van der Waals surface area contributed by atoms with E-state index >= 15 is 0 Å². The lowest BCUT2D eigenvalue weighted by Crippen LogP contribution is -2.43. The third-order valence-corrected chi connectivity index (χ3v) is 4.32. The molecule has 0 atom stereocenters. The Hall–Kier alpha value is -0.290. The van der Waals surface area contributed by atoms with Crippen LogP contribution in [0.3, 0.4) is 0 Å². The van der Waals surface area contributed by atoms with Crippen LogP contribution in [0.4, 0.5) is 4.79 Å². The van der Waals surface area contributed by atoms with Crippen molar-refractivity contribution in [3.8, 4) is 0 Å². The number of unbranched alkanes of at least 4 members (excludes halogenated alkanes) is 1. The zero-order valence-electron chi connectivity index (χ0n) is 13.9. The van der Waals surface area contributed by atoms with Gasteiger partial charge in [-0.3, -0.25) is 0 Å². The molecule has 0 unspecified atom stereocenters. The summed E-state index contributed by atoms with van der Waals surface area (Å²) in [7, 11) is 1.84. The Morgan fingerprint density at radius 1 is 1.19 bits per heavy atom. The van der Waals surface area contributed by atoms with Crippen LogP contribution >= 0.6 is 15.9 Å². The molecule has 1 aliphatic carbocycles. The standard InChI is InChI=1S/C16H30BrNO3/c1-16(2,3)21-15(19)18(4)13-7-9-14(10-8-13)20-12-6-5-11-17/h13-14H,5-12H2,1-4H3/t13-,14-. The third kappa shape index (κ3) is 7.50. The predicted molar refractivity (Wildman–Crippen MR) is 89.0 cm³/mol. The Kier molecular flexibility index (Phi) is 8.03. The number of hydrogen-bond acceptors (Lipinski definition) is 3. The number of nitrogens with zero attached hydrogens (tertiary/aromatic N) is 1. The van der Waals surface area contributed by atoms with Crippen molar-refractivity contribution in [1.82, 2.24) is 4.90 Å². The Morgan fingerprint density at radius 2 is 1.81 bits per heavy atom. The van der Waals surface area contributed by atoms with E-state index < -0.39 is 5.60 Å². The summed E-state index contributed by atoms with van der Waals surface area (Å²) in [6.45, 7) is 6.55. The van der Waals surface area contributed by atoms with Gasteiger partial charge in [-0.15, -0.1) is 0 Å². The molecular formula is C16H30BrNO3. The van der Waals surface area contributed by atoms with Crippen LogP contribution in [0.15, 0.2) is 0 Å². The molecule has 1 amide bonds. The van der Waals surface area contributed by atoms with E-state index in [4.69, 9.17) is 9.47 Å². The monoisotopic (exact) mass is 363 g/mol. The first-order valence-corrected chi connectivity index (χ1v) is 9.09. The summed E-state index contributed by atoms with van der Waals surface area (Å²) < 4.78 is 11.3. The van der Waals surface area contributed by atoms with Crippen LogP contribution in [0.25, 0.3) is 0 Å². The Morgan fingerprint density at radius 3 is 2.33 bits per heavy atom. The lowest BCUT2D eigenvalue weighted by atomic mass is 9.92. The fourth-order valence-corrected chi connectivity index (χ4v) is 2.93. The van der Waals surface area contributed by atoms with Crippen molar-refractivity contribution >= 4 is 22.0 Å². The lowest BCUT2D eigenvalue weighted by Gasteiger charge is -2.35. The van der Waals surface area contributed by atoms with E-state index in [0.29, 0.717) is 6.10 Å². The molecule has 5 heteroatoms. The van der Waals surface area contributed by atoms with Crippen LogP contribution in [0.5, 0.6) is 0 Å². The molecule has 1 aliphatic rings. The van der Waals surface area contributed by atoms with Gasteiger partial charge in [0, 0.05) is 25.0 Å². The minimum Gasteiger partial charge on any atom is -0.444 e. The summed E-state index contributed by atoms with van der Waals surface area (Å²) >= 11 is 3.43. The highest BCUT2D eigenvalue weighted by atomic mass is 79.9. The minimum absolute atomic E-state index is 0.218. The molecule has 4 nitrogen and oxygen atoms in total. The molecule has 0 aliphatic heterocycles. The molecule has 21 heavy (non-hydrogen) atoms. The molecular weight excluding hydrogens is 334 g/mol. The first-order chi connectivity index (χ1) is 9.83. The van der Waals surface area contributed by atoms with Gasteiger partial charge in [0.2, 0.25) is 0 Å². The molecule has 0 heterocycles. The van der Waals surface area contributed by atoms with Gasteiger partial charge < -0.3 is 14.4 Å². The molecule has 0 radical (unpaired) electrons. The summed E-state index contributed by atoms with van der Waals surface area (Å²) in [6, 6.07) is 0.280. The van der Waals surface area contributed by atoms with E-state index in [-0.39, 0.29) is 12.1 Å². The van der Waals surface area contributed by atoms with Crippen LogP contribution in [-0.2, 0) is 9.47 Å². The summed E-state index contributed by atoms with van der Waals surface area (Å²) in [6.07, 6.45) is 6.49. The highest BCUT2D eigenvalue weighted by Gasteiger charge is 2.29. The van der Waals surface area contributed by atoms with Crippen LogP contribution < -0.4 is 0 Å². The van der Waals surface area contributed by atoms with Crippen LogP contribution in [0.1, 0.15) is 59.3 Å². The van der Waals surface area contributed by atoms with E-state index in [9.17, 15) is 4.79 Å². The van der Waals surface area contributed by atoms with E-state index in [1.54, 1.807) is 4.90 Å². The SMILES string of the molecule is CN(C(=O)OC(C)(C)C)[C@H]1CC[C@H](OCCCCBr)CC1. The topological polar surface area (TPSA) is 38.8 Å². The van der Waals surface area contributed by atoms with Crippen molar-refractivity contribution in [3.05, 3.63) is 0 Å². The summed E-state index contributed by atoms with van der Waals surface area (Å²) in [5, 5.41) is 1.05. The smallest absolute Gasteiger partial charge is 0.410 e. The minimum atomic E-state index is -0.429. The maximum atomic E-state index is 12.1. The first kappa shape index (κ1) is 18.8. The second-order valence-electron chi connectivity index (χ2n) is 6.79. The van der Waals surface area contributed by atoms with Gasteiger partial charge in [-0.1, -0.05) is 15.9 Å². The van der Waals surface area contributed by atoms with Gasteiger partial charge in [0.15, 0.2) is 0 Å². The van der Waals surface area contributed by atoms with Crippen LogP contribution in [0.2, 0.25) is 0 Å². The molecule has 0 aromatic carbocycles. The van der Waals surface area contributed by atoms with Gasteiger partial charge in [-0.05, 0) is 59.3 Å². The molecule has 0 N–H and O–H groups in total. The number of rotatable bonds is 6. The lowest BCUT2D eigenvalue weighted by molar-refractivity contribution is -0.00551. The Labute approximate surface area is 137 Å². The third-order valence-electron chi connectivity index (χ3n) is 3.75. The van der Waals surface area contributed by atoms with E-state index in [1.165, 1.54) is 0 Å². The summed E-state index contributed by atoms with van der Waals surface area (Å²) in [4.78, 5) is 13.8. The predicted octanol–water partition coefficient (Wildman–Crippen LogP) is 4.36. The molecule has 0 saturated heterocycles. The van der Waals surface area contributed by atoms with Gasteiger partial charge in [-0.25, -0.2) is 4.79 Å². The second kappa shape index (κ2) is 8.99. The van der Waals surface area contributed by atoms with Gasteiger partial charge in [0.25, 0.3) is 0 Å². The summed E-state index contributed by atoms with van der Waals surface area (Å²) in [5.41, 5.74) is -0.429. The molecule has 124 valence electrons. The number of ether oxygens (including phenoxy) is 2. The number of carbonyl (C=O) groups is 1. The Balaban J connectivity index is 2.27. The van der Waals surface area contributed by atoms with Crippen molar-refractivity contribution in [2.75, 3.05) is 19.0 Å². The van der Waals surface area contributed by atoms with Crippen molar-refractivity contribution < 1.29 is 14.3 Å². The largest absolute Gasteiger partial charge is 0.444 e. The molecule has 0 bridgehead atoms. The van der Waals surface area contributed by atoms with Crippen molar-refractivity contribution in [3.63, 3.8) is 0 Å². The van der Waals surface area contributed by atoms with E-state index in [2.05, 4.69) is 15.9 Å². The maximum absolute atomic E-state index is 12.1. The van der Waals surface area contributed by atoms with Crippen molar-refractivity contribution in [1.29, 1.82) is 0 Å². The van der Waals surface area contributed by atoms with Gasteiger partial charge >= 0.3 is 6.09 Å². The average Bonchev–Trinajstić information content (AvgIpc) is 2.41. The molecule has 1 saturated carbocycles. The second-order valence-corrected chi connectivity index (χ2v) is 7.58. The highest BCUT2D eigenvalue weighted by molar-refractivity contribution is 9.09. The van der Waals surface area contributed by atoms with Crippen molar-refractivity contribution in [2.24, 2.45) is 0 Å². The fourth-order valence-electron chi connectivity index (χ4n) is 2.53. The van der Waals surface area contributed by atoms with Gasteiger partial charge in [0.05, 0.1) is 6.10 Å². The number of alkyl halides is 1. The normalized spacial score (nSPS) is 22.9. The molecule has 0 aromatic rings. The van der Waals surface area contributed by atoms with Gasteiger partial charge in [-0.2, -0.15) is 0 Å². The van der Waals surface area contributed by atoms with Gasteiger partial charge in [0.1, 0.15) is 5.60 Å². The van der Waals surface area contributed by atoms with E-state index in [0.717, 1.165) is 50.5 Å². The first-order valence-electron chi connectivity index (χ1n) is 7.97. The number of hydrogen-bond donors (Lipinski definition) is 0. The molecule has 0 aromatic heterocycles. The zero-order valence-corrected chi connectivity index (χ0v) is 15.4. The number of carbonyl (C=O) groups excluding carboxylic acids is 1. The highest BCUT2D eigenvalue weighted by Crippen LogP contribution is 2.25. The average molecular weight is 364 g/mol. The molecule has 1 rings (SSSR count). The quantitative estimate of drug-likeness (QED) is 0.519. The zero-order chi connectivity index (χ0) is 15.9. The number of amides is 1. The van der Waals surface area contributed by atoms with Crippen LogP contribution in [-0.4, -0.2) is 47.7 Å². The summed E-state index contributed by atoms with van der Waals surface area (Å²) in [5.74, 6) is 0. The molecule has 1 fully saturated rings. The Bertz CT molecular complexity index is 309. The molecule has 0 spiro atoms. The van der Waals surface area contributed by atoms with Crippen molar-refractivity contribution in [2.45, 2.75) is 77.0 Å². The fraction of sp³-hybridized carbons (Fsp3) is 0.938. The number of halogens is 1. The maximum Gasteiger partial charge on any atom is 0.410 e.